The number of hydrogen-bond donors (Lipinski definition) is 1. The van der Waals surface area contributed by atoms with Gasteiger partial charge in [0.2, 0.25) is 0 Å². The molecule has 0 radical (unpaired) electrons. The van der Waals surface area contributed by atoms with Crippen LogP contribution in [0.1, 0.15) is 25.0 Å². The quantitative estimate of drug-likeness (QED) is 0.654. The molecule has 0 aliphatic heterocycles. The largest absolute Gasteiger partial charge is 0.465 e. The third kappa shape index (κ3) is 4.64. The second kappa shape index (κ2) is 8.13. The van der Waals surface area contributed by atoms with Crippen LogP contribution in [0, 0.1) is 0 Å². The van der Waals surface area contributed by atoms with Crippen LogP contribution < -0.4 is 4.74 Å². The number of aliphatic hydroxyl groups excluding tert-OH is 1. The number of benzene rings is 1. The van der Waals surface area contributed by atoms with E-state index in [1.165, 1.54) is 5.56 Å². The van der Waals surface area contributed by atoms with Crippen molar-refractivity contribution < 1.29 is 14.6 Å². The Kier molecular flexibility index (Phi) is 7.60. The Labute approximate surface area is 101 Å². The summed E-state index contributed by atoms with van der Waals surface area (Å²) in [5, 5.41) is 9.12. The number of aryl methyl sites for hydroxylation is 1. The molecule has 1 atom stereocenters. The molecule has 16 heavy (non-hydrogen) atoms. The highest BCUT2D eigenvalue weighted by molar-refractivity contribution is 6.17. The first kappa shape index (κ1) is 14.9. The van der Waals surface area contributed by atoms with Crippen LogP contribution in [0.5, 0.6) is 5.75 Å². The molecule has 1 aromatic carbocycles. The second-order valence-electron chi connectivity index (χ2n) is 3.15. The van der Waals surface area contributed by atoms with Gasteiger partial charge >= 0.3 is 0 Å². The normalized spacial score (nSPS) is 11.2. The summed E-state index contributed by atoms with van der Waals surface area (Å²) in [4.78, 5) is 8.00. The summed E-state index contributed by atoms with van der Waals surface area (Å²) in [5.74, 6) is 1.07. The number of ether oxygens (including phenoxy) is 1. The Morgan fingerprint density at radius 1 is 1.50 bits per heavy atom. The second-order valence-corrected chi connectivity index (χ2v) is 3.41. The van der Waals surface area contributed by atoms with Crippen LogP contribution in [-0.2, 0) is 17.1 Å². The fourth-order valence-electron chi connectivity index (χ4n) is 1.22. The molecule has 0 aliphatic carbocycles. The van der Waals surface area contributed by atoms with Gasteiger partial charge in [-0.1, -0.05) is 19.1 Å². The number of carbonyl (C=O) groups excluding carboxylic acids is 1. The van der Waals surface area contributed by atoms with Gasteiger partial charge in [-0.15, -0.1) is 11.6 Å². The average molecular weight is 245 g/mol. The van der Waals surface area contributed by atoms with Crippen LogP contribution in [0.2, 0.25) is 0 Å². The number of rotatable bonds is 4. The Morgan fingerprint density at radius 3 is 2.56 bits per heavy atom. The average Bonchev–Trinajstić information content (AvgIpc) is 2.31. The smallest absolute Gasteiger partial charge is 0.194 e. The summed E-state index contributed by atoms with van der Waals surface area (Å²) in [6, 6.07) is 5.88. The van der Waals surface area contributed by atoms with Crippen molar-refractivity contribution in [3.8, 4) is 5.75 Å². The van der Waals surface area contributed by atoms with Gasteiger partial charge in [0.15, 0.2) is 6.29 Å². The van der Waals surface area contributed by atoms with Crippen LogP contribution in [0.3, 0.4) is 0 Å². The van der Waals surface area contributed by atoms with Gasteiger partial charge in [-0.2, -0.15) is 0 Å². The topological polar surface area (TPSA) is 46.5 Å². The van der Waals surface area contributed by atoms with E-state index in [1.54, 1.807) is 6.92 Å². The van der Waals surface area contributed by atoms with E-state index >= 15 is 0 Å². The van der Waals surface area contributed by atoms with E-state index < -0.39 is 6.29 Å². The van der Waals surface area contributed by atoms with Gasteiger partial charge in [-0.3, -0.25) is 0 Å². The summed E-state index contributed by atoms with van der Waals surface area (Å²) in [6.45, 7) is 5.65. The van der Waals surface area contributed by atoms with E-state index in [0.717, 1.165) is 12.0 Å². The summed E-state index contributed by atoms with van der Waals surface area (Å²) >= 11 is 5.75. The highest BCUT2D eigenvalue weighted by Gasteiger charge is 2.06. The number of halogens is 1. The molecule has 0 aromatic heterocycles. The lowest BCUT2D eigenvalue weighted by Gasteiger charge is -2.13. The maximum absolute atomic E-state index is 9.12. The van der Waals surface area contributed by atoms with E-state index in [0.29, 0.717) is 11.6 Å². The molecule has 1 unspecified atom stereocenters. The van der Waals surface area contributed by atoms with E-state index in [-0.39, 0.29) is 0 Å². The molecule has 90 valence electrons. The Bertz CT molecular complexity index is 313. The van der Waals surface area contributed by atoms with Crippen LogP contribution in [0.25, 0.3) is 0 Å². The van der Waals surface area contributed by atoms with E-state index in [9.17, 15) is 0 Å². The summed E-state index contributed by atoms with van der Waals surface area (Å²) < 4.78 is 5.25. The predicted octanol–water partition coefficient (Wildman–Crippen LogP) is 2.52. The lowest BCUT2D eigenvalue weighted by atomic mass is 10.1. The lowest BCUT2D eigenvalue weighted by molar-refractivity contribution is -0.0980. The molecular formula is C12H17ClO3. The van der Waals surface area contributed by atoms with Crippen LogP contribution in [-0.4, -0.2) is 18.2 Å². The van der Waals surface area contributed by atoms with Crippen molar-refractivity contribution >= 4 is 18.4 Å². The monoisotopic (exact) mass is 244 g/mol. The minimum absolute atomic E-state index is 0.395. The molecule has 0 spiro atoms. The van der Waals surface area contributed by atoms with Crippen molar-refractivity contribution in [1.82, 2.24) is 0 Å². The Balaban J connectivity index is 0.00000106. The molecule has 0 aliphatic rings. The fourth-order valence-corrected chi connectivity index (χ4v) is 1.44. The lowest BCUT2D eigenvalue weighted by Crippen LogP contribution is -2.11. The summed E-state index contributed by atoms with van der Waals surface area (Å²) in [5.41, 5.74) is 2.08. The van der Waals surface area contributed by atoms with Crippen molar-refractivity contribution in [3.05, 3.63) is 29.3 Å². The van der Waals surface area contributed by atoms with Gasteiger partial charge in [-0.25, -0.2) is 0 Å². The van der Waals surface area contributed by atoms with Gasteiger partial charge in [0.05, 0.1) is 5.88 Å². The molecule has 0 heterocycles. The molecule has 0 bridgehead atoms. The van der Waals surface area contributed by atoms with E-state index in [1.807, 2.05) is 25.0 Å². The third-order valence-corrected chi connectivity index (χ3v) is 2.27. The van der Waals surface area contributed by atoms with Gasteiger partial charge < -0.3 is 14.6 Å². The molecule has 1 N–H and O–H groups in total. The first-order valence-corrected chi connectivity index (χ1v) is 5.52. The van der Waals surface area contributed by atoms with Crippen LogP contribution >= 0.6 is 11.6 Å². The molecular weight excluding hydrogens is 228 g/mol. The van der Waals surface area contributed by atoms with Crippen LogP contribution in [0.4, 0.5) is 0 Å². The summed E-state index contributed by atoms with van der Waals surface area (Å²) in [6.07, 6.45) is 0.141. The van der Waals surface area contributed by atoms with Gasteiger partial charge in [-0.05, 0) is 25.0 Å². The van der Waals surface area contributed by atoms with Crippen molar-refractivity contribution in [1.29, 1.82) is 0 Å². The van der Waals surface area contributed by atoms with Gasteiger partial charge in [0.1, 0.15) is 12.5 Å². The van der Waals surface area contributed by atoms with Gasteiger partial charge in [0, 0.05) is 5.56 Å². The molecule has 0 saturated heterocycles. The van der Waals surface area contributed by atoms with E-state index in [4.69, 9.17) is 26.2 Å². The Morgan fingerprint density at radius 2 is 2.12 bits per heavy atom. The molecule has 0 fully saturated rings. The fraction of sp³-hybridized carbons (Fsp3) is 0.417. The standard InChI is InChI=1S/C11H15ClO2.CH2O/c1-3-9-4-5-10(7-12)11(6-9)14-8(2)13;1-2/h4-6,8,13H,3,7H2,1-2H3;1H2. The third-order valence-electron chi connectivity index (χ3n) is 1.98. The molecule has 4 heteroatoms. The maximum atomic E-state index is 9.12. The zero-order valence-electron chi connectivity index (χ0n) is 9.57. The summed E-state index contributed by atoms with van der Waals surface area (Å²) in [7, 11) is 0. The first-order chi connectivity index (χ1) is 7.67. The minimum Gasteiger partial charge on any atom is -0.465 e. The molecule has 0 saturated carbocycles. The maximum Gasteiger partial charge on any atom is 0.194 e. The zero-order chi connectivity index (χ0) is 12.6. The van der Waals surface area contributed by atoms with E-state index in [2.05, 4.69) is 6.92 Å². The van der Waals surface area contributed by atoms with Crippen molar-refractivity contribution in [2.45, 2.75) is 32.4 Å². The number of hydrogen-bond acceptors (Lipinski definition) is 3. The minimum atomic E-state index is -0.802. The molecule has 1 aromatic rings. The van der Waals surface area contributed by atoms with Crippen molar-refractivity contribution in [2.24, 2.45) is 0 Å². The van der Waals surface area contributed by atoms with Gasteiger partial charge in [0.25, 0.3) is 0 Å². The zero-order valence-corrected chi connectivity index (χ0v) is 10.3. The number of alkyl halides is 1. The van der Waals surface area contributed by atoms with Crippen molar-refractivity contribution in [2.75, 3.05) is 0 Å². The number of aliphatic hydroxyl groups is 1. The number of carbonyl (C=O) groups is 1. The molecule has 1 rings (SSSR count). The highest BCUT2D eigenvalue weighted by atomic mass is 35.5. The highest BCUT2D eigenvalue weighted by Crippen LogP contribution is 2.23. The first-order valence-electron chi connectivity index (χ1n) is 4.98. The van der Waals surface area contributed by atoms with Crippen LogP contribution in [0.15, 0.2) is 18.2 Å². The van der Waals surface area contributed by atoms with Crippen molar-refractivity contribution in [3.63, 3.8) is 0 Å². The SMILES string of the molecule is C=O.CCc1ccc(CCl)c(OC(C)O)c1. The molecule has 0 amide bonds. The predicted molar refractivity (Wildman–Crippen MR) is 64.8 cm³/mol. The molecule has 3 nitrogen and oxygen atoms in total. The Hall–Kier alpha value is -1.06.